The lowest BCUT2D eigenvalue weighted by atomic mass is 9.90. The molecule has 122 valence electrons. The number of nitrogens with zero attached hydrogens (tertiary/aromatic N) is 2. The molecule has 6 heteroatoms. The summed E-state index contributed by atoms with van der Waals surface area (Å²) in [6.07, 6.45) is 1.54. The van der Waals surface area contributed by atoms with E-state index < -0.39 is 11.4 Å². The number of carboxylic acids is 1. The van der Waals surface area contributed by atoms with Gasteiger partial charge in [0.15, 0.2) is 0 Å². The number of benzene rings is 1. The van der Waals surface area contributed by atoms with Gasteiger partial charge in [-0.1, -0.05) is 18.2 Å². The van der Waals surface area contributed by atoms with Crippen molar-refractivity contribution in [3.05, 3.63) is 29.8 Å². The number of fused-ring (bicyclic) bond motifs is 1. The number of carbonyl (C=O) groups excluding carboxylic acids is 2. The number of carbonyl (C=O) groups is 3. The molecule has 2 aliphatic heterocycles. The molecule has 3 rings (SSSR count). The Balaban J connectivity index is 1.74. The number of likely N-dealkylation sites (tertiary alicyclic amines) is 1. The van der Waals surface area contributed by atoms with Gasteiger partial charge < -0.3 is 14.9 Å². The zero-order chi connectivity index (χ0) is 16.6. The van der Waals surface area contributed by atoms with Gasteiger partial charge in [0.1, 0.15) is 6.54 Å². The Morgan fingerprint density at radius 2 is 2.00 bits per heavy atom. The lowest BCUT2D eigenvalue weighted by Crippen LogP contribution is -2.45. The average Bonchev–Trinajstić information content (AvgIpc) is 2.94. The Labute approximate surface area is 134 Å². The van der Waals surface area contributed by atoms with Crippen LogP contribution in [0.1, 0.15) is 25.3 Å². The van der Waals surface area contributed by atoms with Crippen molar-refractivity contribution in [2.45, 2.75) is 26.2 Å². The SMILES string of the molecule is CC1(C(=O)O)CCN(C(=O)CN2C(=O)CCc3ccccc32)C1. The molecule has 1 fully saturated rings. The van der Waals surface area contributed by atoms with Gasteiger partial charge in [-0.2, -0.15) is 0 Å². The number of hydrogen-bond donors (Lipinski definition) is 1. The van der Waals surface area contributed by atoms with Crippen molar-refractivity contribution in [2.75, 3.05) is 24.5 Å². The minimum atomic E-state index is -0.889. The fourth-order valence-corrected chi connectivity index (χ4v) is 3.25. The van der Waals surface area contributed by atoms with E-state index in [-0.39, 0.29) is 24.9 Å². The molecule has 1 unspecified atom stereocenters. The number of aryl methyl sites for hydroxylation is 1. The third kappa shape index (κ3) is 2.81. The second-order valence-corrected chi connectivity index (χ2v) is 6.54. The van der Waals surface area contributed by atoms with Crippen LogP contribution in [0.5, 0.6) is 0 Å². The fourth-order valence-electron chi connectivity index (χ4n) is 3.25. The topological polar surface area (TPSA) is 77.9 Å². The number of aliphatic carboxylic acids is 1. The monoisotopic (exact) mass is 316 g/mol. The van der Waals surface area contributed by atoms with Crippen LogP contribution in [-0.4, -0.2) is 47.4 Å². The van der Waals surface area contributed by atoms with Gasteiger partial charge in [0, 0.05) is 25.2 Å². The number of carboxylic acid groups (broad SMARTS) is 1. The molecule has 0 aromatic heterocycles. The predicted molar refractivity (Wildman–Crippen MR) is 84.1 cm³/mol. The minimum Gasteiger partial charge on any atom is -0.481 e. The standard InChI is InChI=1S/C17H20N2O4/c1-17(16(22)23)8-9-18(11-17)15(21)10-19-13-5-3-2-4-12(13)6-7-14(19)20/h2-5H,6-11H2,1H3,(H,22,23). The van der Waals surface area contributed by atoms with Crippen LogP contribution in [0, 0.1) is 5.41 Å². The Morgan fingerprint density at radius 3 is 2.70 bits per heavy atom. The van der Waals surface area contributed by atoms with Gasteiger partial charge in [-0.25, -0.2) is 0 Å². The van der Waals surface area contributed by atoms with E-state index in [4.69, 9.17) is 0 Å². The van der Waals surface area contributed by atoms with E-state index in [0.717, 1.165) is 11.3 Å². The molecule has 1 N–H and O–H groups in total. The zero-order valence-electron chi connectivity index (χ0n) is 13.1. The van der Waals surface area contributed by atoms with Crippen molar-refractivity contribution in [1.82, 2.24) is 4.90 Å². The molecule has 1 atom stereocenters. The van der Waals surface area contributed by atoms with E-state index in [0.29, 0.717) is 25.8 Å². The van der Waals surface area contributed by atoms with Gasteiger partial charge in [0.2, 0.25) is 11.8 Å². The summed E-state index contributed by atoms with van der Waals surface area (Å²) < 4.78 is 0. The maximum Gasteiger partial charge on any atom is 0.311 e. The molecule has 1 aromatic carbocycles. The van der Waals surface area contributed by atoms with Crippen molar-refractivity contribution in [1.29, 1.82) is 0 Å². The van der Waals surface area contributed by atoms with E-state index in [1.54, 1.807) is 11.8 Å². The first kappa shape index (κ1) is 15.5. The highest BCUT2D eigenvalue weighted by atomic mass is 16.4. The quantitative estimate of drug-likeness (QED) is 0.911. The number of amides is 2. The molecule has 23 heavy (non-hydrogen) atoms. The first-order chi connectivity index (χ1) is 10.9. The van der Waals surface area contributed by atoms with E-state index in [2.05, 4.69) is 0 Å². The number of rotatable bonds is 3. The Kier molecular flexibility index (Phi) is 3.83. The van der Waals surface area contributed by atoms with E-state index in [1.807, 2.05) is 24.3 Å². The van der Waals surface area contributed by atoms with Gasteiger partial charge >= 0.3 is 5.97 Å². The Morgan fingerprint density at radius 1 is 1.26 bits per heavy atom. The van der Waals surface area contributed by atoms with Crippen LogP contribution < -0.4 is 4.90 Å². The third-order valence-corrected chi connectivity index (χ3v) is 4.83. The first-order valence-corrected chi connectivity index (χ1v) is 7.80. The Bertz CT molecular complexity index is 672. The zero-order valence-corrected chi connectivity index (χ0v) is 13.1. The molecule has 0 aliphatic carbocycles. The van der Waals surface area contributed by atoms with Gasteiger partial charge in [-0.3, -0.25) is 14.4 Å². The van der Waals surface area contributed by atoms with E-state index in [1.165, 1.54) is 4.90 Å². The molecule has 2 amide bonds. The summed E-state index contributed by atoms with van der Waals surface area (Å²) in [5, 5.41) is 9.26. The number of anilines is 1. The molecule has 1 aromatic rings. The molecule has 2 aliphatic rings. The van der Waals surface area contributed by atoms with Gasteiger partial charge in [-0.15, -0.1) is 0 Å². The summed E-state index contributed by atoms with van der Waals surface area (Å²) in [5.41, 5.74) is 0.966. The lowest BCUT2D eigenvalue weighted by Gasteiger charge is -2.30. The molecule has 0 saturated carbocycles. The number of para-hydroxylation sites is 1. The maximum absolute atomic E-state index is 12.5. The highest BCUT2D eigenvalue weighted by molar-refractivity contribution is 6.01. The van der Waals surface area contributed by atoms with Gasteiger partial charge in [-0.05, 0) is 31.4 Å². The van der Waals surface area contributed by atoms with Gasteiger partial charge in [0.05, 0.1) is 5.41 Å². The fraction of sp³-hybridized carbons (Fsp3) is 0.471. The molecule has 0 radical (unpaired) electrons. The van der Waals surface area contributed by atoms with Crippen molar-refractivity contribution in [3.8, 4) is 0 Å². The summed E-state index contributed by atoms with van der Waals surface area (Å²) in [6, 6.07) is 7.60. The van der Waals surface area contributed by atoms with Crippen molar-refractivity contribution in [2.24, 2.45) is 5.41 Å². The molecule has 2 heterocycles. The van der Waals surface area contributed by atoms with Gasteiger partial charge in [0.25, 0.3) is 0 Å². The molecular formula is C17H20N2O4. The average molecular weight is 316 g/mol. The van der Waals surface area contributed by atoms with Crippen LogP contribution in [0.3, 0.4) is 0 Å². The van der Waals surface area contributed by atoms with Crippen LogP contribution in [0.15, 0.2) is 24.3 Å². The highest BCUT2D eigenvalue weighted by Gasteiger charge is 2.42. The molecule has 0 spiro atoms. The van der Waals surface area contributed by atoms with E-state index >= 15 is 0 Å². The molecule has 0 bridgehead atoms. The summed E-state index contributed by atoms with van der Waals surface area (Å²) in [4.78, 5) is 39.1. The van der Waals surface area contributed by atoms with Crippen LogP contribution in [0.4, 0.5) is 5.69 Å². The molecular weight excluding hydrogens is 296 g/mol. The maximum atomic E-state index is 12.5. The summed E-state index contributed by atoms with van der Waals surface area (Å²) in [5.74, 6) is -1.13. The summed E-state index contributed by atoms with van der Waals surface area (Å²) in [7, 11) is 0. The highest BCUT2D eigenvalue weighted by Crippen LogP contribution is 2.31. The van der Waals surface area contributed by atoms with Crippen molar-refractivity contribution in [3.63, 3.8) is 0 Å². The molecule has 6 nitrogen and oxygen atoms in total. The Hall–Kier alpha value is -2.37. The van der Waals surface area contributed by atoms with Crippen LogP contribution >= 0.6 is 0 Å². The largest absolute Gasteiger partial charge is 0.481 e. The summed E-state index contributed by atoms with van der Waals surface area (Å²) >= 11 is 0. The minimum absolute atomic E-state index is 0.0223. The second-order valence-electron chi connectivity index (χ2n) is 6.54. The van der Waals surface area contributed by atoms with Crippen molar-refractivity contribution >= 4 is 23.5 Å². The van der Waals surface area contributed by atoms with Crippen LogP contribution in [0.25, 0.3) is 0 Å². The van der Waals surface area contributed by atoms with Crippen LogP contribution in [-0.2, 0) is 20.8 Å². The van der Waals surface area contributed by atoms with E-state index in [9.17, 15) is 19.5 Å². The normalized spacial score (nSPS) is 23.8. The lowest BCUT2D eigenvalue weighted by molar-refractivity contribution is -0.147. The second kappa shape index (κ2) is 5.68. The van der Waals surface area contributed by atoms with Crippen molar-refractivity contribution < 1.29 is 19.5 Å². The third-order valence-electron chi connectivity index (χ3n) is 4.83. The summed E-state index contributed by atoms with van der Waals surface area (Å²) in [6.45, 7) is 2.26. The predicted octanol–water partition coefficient (Wildman–Crippen LogP) is 1.29. The van der Waals surface area contributed by atoms with Crippen LogP contribution in [0.2, 0.25) is 0 Å². The first-order valence-electron chi connectivity index (χ1n) is 7.80. The number of hydrogen-bond acceptors (Lipinski definition) is 3. The molecule has 1 saturated heterocycles. The smallest absolute Gasteiger partial charge is 0.311 e.